The molecule has 3 aromatic rings. The average molecular weight is 459 g/mol. The number of para-hydroxylation sites is 1. The fourth-order valence-corrected chi connectivity index (χ4v) is 4.68. The molecule has 0 radical (unpaired) electrons. The second kappa shape index (κ2) is 9.02. The van der Waals surface area contributed by atoms with Crippen molar-refractivity contribution in [3.63, 3.8) is 0 Å². The Labute approximate surface area is 180 Å². The van der Waals surface area contributed by atoms with Gasteiger partial charge in [-0.3, -0.25) is 9.44 Å². The van der Waals surface area contributed by atoms with Gasteiger partial charge in [-0.1, -0.05) is 30.3 Å². The third-order valence-corrected chi connectivity index (χ3v) is 6.85. The fourth-order valence-electron chi connectivity index (χ4n) is 2.56. The van der Waals surface area contributed by atoms with Gasteiger partial charge in [0.1, 0.15) is 0 Å². The van der Waals surface area contributed by atoms with Crippen molar-refractivity contribution in [1.29, 1.82) is 0 Å². The molecule has 10 heteroatoms. The molecule has 0 atom stereocenters. The van der Waals surface area contributed by atoms with Gasteiger partial charge in [0.05, 0.1) is 9.79 Å². The third-order valence-electron chi connectivity index (χ3n) is 4.05. The summed E-state index contributed by atoms with van der Waals surface area (Å²) in [6.07, 6.45) is 2.29. The zero-order valence-electron chi connectivity index (χ0n) is 16.0. The number of benzene rings is 3. The number of carbonyl (C=O) groups is 1. The molecule has 0 aliphatic heterocycles. The van der Waals surface area contributed by atoms with Crippen LogP contribution in [0.5, 0.6) is 0 Å². The standard InChI is InChI=1S/C21H18N2O6S2/c24-21(25)15-8-16-6-11-19(12-7-16)30(26,27)23-18-9-13-20(14-10-18)31(28,29)22-17-4-2-1-3-5-17/h1-15,22-23H,(H,24,25)/b15-8+. The van der Waals surface area contributed by atoms with Gasteiger partial charge in [0.25, 0.3) is 20.0 Å². The molecule has 0 aliphatic carbocycles. The SMILES string of the molecule is O=C(O)/C=C/c1ccc(S(=O)(=O)Nc2ccc(S(=O)(=O)Nc3ccccc3)cc2)cc1. The molecule has 160 valence electrons. The Morgan fingerprint density at radius 3 is 1.61 bits per heavy atom. The van der Waals surface area contributed by atoms with Crippen molar-refractivity contribution in [2.45, 2.75) is 9.79 Å². The van der Waals surface area contributed by atoms with E-state index in [4.69, 9.17) is 5.11 Å². The van der Waals surface area contributed by atoms with E-state index in [2.05, 4.69) is 9.44 Å². The number of aliphatic carboxylic acids is 1. The molecule has 0 saturated heterocycles. The van der Waals surface area contributed by atoms with E-state index >= 15 is 0 Å². The second-order valence-corrected chi connectivity index (χ2v) is 9.71. The van der Waals surface area contributed by atoms with Crippen LogP contribution in [0.2, 0.25) is 0 Å². The molecular formula is C21H18N2O6S2. The molecule has 3 rings (SSSR count). The van der Waals surface area contributed by atoms with E-state index in [1.807, 2.05) is 0 Å². The van der Waals surface area contributed by atoms with Gasteiger partial charge in [-0.05, 0) is 60.2 Å². The predicted molar refractivity (Wildman–Crippen MR) is 118 cm³/mol. The first-order valence-electron chi connectivity index (χ1n) is 8.87. The fraction of sp³-hybridized carbons (Fsp3) is 0. The Morgan fingerprint density at radius 1 is 0.677 bits per heavy atom. The molecular weight excluding hydrogens is 440 g/mol. The Bertz CT molecular complexity index is 1300. The lowest BCUT2D eigenvalue weighted by molar-refractivity contribution is -0.131. The van der Waals surface area contributed by atoms with Gasteiger partial charge in [-0.25, -0.2) is 21.6 Å². The number of rotatable bonds is 8. The highest BCUT2D eigenvalue weighted by Gasteiger charge is 2.17. The minimum Gasteiger partial charge on any atom is -0.478 e. The molecule has 0 aromatic heterocycles. The van der Waals surface area contributed by atoms with Gasteiger partial charge in [-0.15, -0.1) is 0 Å². The highest BCUT2D eigenvalue weighted by atomic mass is 32.2. The van der Waals surface area contributed by atoms with Crippen molar-refractivity contribution in [2.24, 2.45) is 0 Å². The number of carboxylic acid groups (broad SMARTS) is 1. The number of anilines is 2. The summed E-state index contributed by atoms with van der Waals surface area (Å²) in [6.45, 7) is 0. The van der Waals surface area contributed by atoms with E-state index in [1.165, 1.54) is 54.6 Å². The quantitative estimate of drug-likeness (QED) is 0.444. The van der Waals surface area contributed by atoms with Crippen LogP contribution in [0, 0.1) is 0 Å². The van der Waals surface area contributed by atoms with E-state index in [9.17, 15) is 21.6 Å². The summed E-state index contributed by atoms with van der Waals surface area (Å²) in [5.41, 5.74) is 1.13. The van der Waals surface area contributed by atoms with E-state index in [-0.39, 0.29) is 15.5 Å². The van der Waals surface area contributed by atoms with Crippen LogP contribution >= 0.6 is 0 Å². The van der Waals surface area contributed by atoms with E-state index in [0.717, 1.165) is 6.08 Å². The van der Waals surface area contributed by atoms with Crippen LogP contribution in [0.25, 0.3) is 6.08 Å². The highest BCUT2D eigenvalue weighted by molar-refractivity contribution is 7.93. The monoisotopic (exact) mass is 458 g/mol. The number of carboxylic acids is 1. The second-order valence-electron chi connectivity index (χ2n) is 6.34. The molecule has 3 N–H and O–H groups in total. The minimum atomic E-state index is -3.91. The lowest BCUT2D eigenvalue weighted by Crippen LogP contribution is -2.14. The molecule has 0 aliphatic rings. The Balaban J connectivity index is 1.73. The van der Waals surface area contributed by atoms with Crippen molar-refractivity contribution in [1.82, 2.24) is 0 Å². The zero-order valence-corrected chi connectivity index (χ0v) is 17.6. The van der Waals surface area contributed by atoms with Crippen LogP contribution in [0.15, 0.2) is 94.7 Å². The number of hydrogen-bond acceptors (Lipinski definition) is 5. The first-order chi connectivity index (χ1) is 14.7. The van der Waals surface area contributed by atoms with Crippen molar-refractivity contribution >= 4 is 43.5 Å². The predicted octanol–water partition coefficient (Wildman–Crippen LogP) is 3.39. The molecule has 0 amide bonds. The van der Waals surface area contributed by atoms with Crippen molar-refractivity contribution in [3.8, 4) is 0 Å². The van der Waals surface area contributed by atoms with Gasteiger partial charge in [0.2, 0.25) is 0 Å². The highest BCUT2D eigenvalue weighted by Crippen LogP contribution is 2.21. The smallest absolute Gasteiger partial charge is 0.328 e. The third kappa shape index (κ3) is 5.93. The number of sulfonamides is 2. The normalized spacial score (nSPS) is 11.9. The lowest BCUT2D eigenvalue weighted by Gasteiger charge is -2.11. The lowest BCUT2D eigenvalue weighted by atomic mass is 10.2. The Morgan fingerprint density at radius 2 is 1.13 bits per heavy atom. The van der Waals surface area contributed by atoms with Crippen molar-refractivity contribution in [2.75, 3.05) is 9.44 Å². The molecule has 31 heavy (non-hydrogen) atoms. The van der Waals surface area contributed by atoms with Gasteiger partial charge < -0.3 is 5.11 Å². The van der Waals surface area contributed by atoms with Gasteiger partial charge >= 0.3 is 5.97 Å². The topological polar surface area (TPSA) is 130 Å². The summed E-state index contributed by atoms with van der Waals surface area (Å²) in [5, 5.41) is 8.63. The first-order valence-corrected chi connectivity index (χ1v) is 11.8. The van der Waals surface area contributed by atoms with Crippen LogP contribution in [-0.4, -0.2) is 27.9 Å². The maximum Gasteiger partial charge on any atom is 0.328 e. The largest absolute Gasteiger partial charge is 0.478 e. The summed E-state index contributed by atoms with van der Waals surface area (Å²) < 4.78 is 54.8. The first kappa shape index (κ1) is 22.1. The molecule has 0 unspecified atom stereocenters. The van der Waals surface area contributed by atoms with Gasteiger partial charge in [-0.2, -0.15) is 0 Å². The molecule has 0 bridgehead atoms. The maximum absolute atomic E-state index is 12.5. The summed E-state index contributed by atoms with van der Waals surface area (Å²) in [6, 6.07) is 19.3. The zero-order chi connectivity index (χ0) is 22.5. The number of nitrogens with one attached hydrogen (secondary N) is 2. The van der Waals surface area contributed by atoms with Crippen LogP contribution in [0.1, 0.15) is 5.56 Å². The van der Waals surface area contributed by atoms with E-state index in [1.54, 1.807) is 30.3 Å². The molecule has 0 spiro atoms. The van der Waals surface area contributed by atoms with E-state index < -0.39 is 26.0 Å². The molecule has 8 nitrogen and oxygen atoms in total. The molecule has 3 aromatic carbocycles. The van der Waals surface area contributed by atoms with Crippen LogP contribution in [-0.2, 0) is 24.8 Å². The average Bonchev–Trinajstić information content (AvgIpc) is 2.73. The van der Waals surface area contributed by atoms with Gasteiger partial charge in [0, 0.05) is 17.5 Å². The van der Waals surface area contributed by atoms with Crippen LogP contribution < -0.4 is 9.44 Å². The summed E-state index contributed by atoms with van der Waals surface area (Å²) in [7, 11) is -7.73. The van der Waals surface area contributed by atoms with Gasteiger partial charge in [0.15, 0.2) is 0 Å². The van der Waals surface area contributed by atoms with Crippen LogP contribution in [0.4, 0.5) is 11.4 Å². The van der Waals surface area contributed by atoms with Crippen molar-refractivity contribution < 1.29 is 26.7 Å². The van der Waals surface area contributed by atoms with Crippen LogP contribution in [0.3, 0.4) is 0 Å². The Kier molecular flexibility index (Phi) is 6.42. The summed E-state index contributed by atoms with van der Waals surface area (Å²) in [4.78, 5) is 10.5. The summed E-state index contributed by atoms with van der Waals surface area (Å²) >= 11 is 0. The summed E-state index contributed by atoms with van der Waals surface area (Å²) in [5.74, 6) is -1.11. The molecule has 0 heterocycles. The van der Waals surface area contributed by atoms with Crippen molar-refractivity contribution in [3.05, 3.63) is 90.5 Å². The van der Waals surface area contributed by atoms with E-state index in [0.29, 0.717) is 11.3 Å². The Hall–Kier alpha value is -3.63. The maximum atomic E-state index is 12.5. The molecule has 0 fully saturated rings. The minimum absolute atomic E-state index is 0.0196. The molecule has 0 saturated carbocycles. The number of hydrogen-bond donors (Lipinski definition) is 3.